The molecule has 0 radical (unpaired) electrons. The summed E-state index contributed by atoms with van der Waals surface area (Å²) in [6.07, 6.45) is 4.02. The molecule has 0 bridgehead atoms. The number of hydrogen-bond donors (Lipinski definition) is 2. The SMILES string of the molecule is CC(C)(C)Cc1ccc(O)c(CCCCN)c1. The molecule has 17 heavy (non-hydrogen) atoms. The molecule has 1 aromatic rings. The average Bonchev–Trinajstić information content (AvgIpc) is 2.21. The number of benzene rings is 1. The highest BCUT2D eigenvalue weighted by atomic mass is 16.3. The number of unbranched alkanes of at least 4 members (excludes halogenated alkanes) is 1. The van der Waals surface area contributed by atoms with E-state index in [9.17, 15) is 5.11 Å². The van der Waals surface area contributed by atoms with Crippen molar-refractivity contribution in [2.75, 3.05) is 6.54 Å². The van der Waals surface area contributed by atoms with Gasteiger partial charge in [-0.1, -0.05) is 32.9 Å². The lowest BCUT2D eigenvalue weighted by Crippen LogP contribution is -2.09. The van der Waals surface area contributed by atoms with Crippen molar-refractivity contribution in [3.8, 4) is 5.75 Å². The van der Waals surface area contributed by atoms with Crippen LogP contribution in [0, 0.1) is 5.41 Å². The molecule has 2 nitrogen and oxygen atoms in total. The van der Waals surface area contributed by atoms with E-state index in [1.54, 1.807) is 0 Å². The molecule has 0 aliphatic heterocycles. The van der Waals surface area contributed by atoms with E-state index in [1.165, 1.54) is 5.56 Å². The van der Waals surface area contributed by atoms with Crippen molar-refractivity contribution >= 4 is 0 Å². The normalized spacial score (nSPS) is 11.8. The molecule has 0 heterocycles. The Morgan fingerprint density at radius 3 is 2.47 bits per heavy atom. The molecule has 0 spiro atoms. The maximum absolute atomic E-state index is 9.80. The first kappa shape index (κ1) is 14.0. The Morgan fingerprint density at radius 1 is 1.18 bits per heavy atom. The Hall–Kier alpha value is -1.02. The van der Waals surface area contributed by atoms with Gasteiger partial charge in [-0.2, -0.15) is 0 Å². The van der Waals surface area contributed by atoms with Gasteiger partial charge in [0, 0.05) is 0 Å². The Labute approximate surface area is 105 Å². The summed E-state index contributed by atoms with van der Waals surface area (Å²) in [6, 6.07) is 5.98. The summed E-state index contributed by atoms with van der Waals surface area (Å²) in [5, 5.41) is 9.80. The zero-order valence-corrected chi connectivity index (χ0v) is 11.3. The quantitative estimate of drug-likeness (QED) is 0.769. The van der Waals surface area contributed by atoms with Crippen molar-refractivity contribution in [2.24, 2.45) is 11.1 Å². The topological polar surface area (TPSA) is 46.2 Å². The number of aromatic hydroxyl groups is 1. The third-order valence-corrected chi connectivity index (χ3v) is 2.78. The molecule has 0 saturated carbocycles. The fourth-order valence-corrected chi connectivity index (χ4v) is 2.02. The molecular formula is C15H25NO. The minimum absolute atomic E-state index is 0.283. The van der Waals surface area contributed by atoms with Crippen LogP contribution in [0.1, 0.15) is 44.7 Å². The van der Waals surface area contributed by atoms with Crippen molar-refractivity contribution in [2.45, 2.75) is 46.5 Å². The number of hydrogen-bond acceptors (Lipinski definition) is 2. The number of phenols is 1. The van der Waals surface area contributed by atoms with Gasteiger partial charge in [0.15, 0.2) is 0 Å². The second-order valence-corrected chi connectivity index (χ2v) is 5.95. The Kier molecular flexibility index (Phi) is 5.01. The van der Waals surface area contributed by atoms with E-state index in [0.29, 0.717) is 5.75 Å². The molecule has 3 N–H and O–H groups in total. The number of nitrogens with two attached hydrogens (primary N) is 1. The highest BCUT2D eigenvalue weighted by Gasteiger charge is 2.12. The molecule has 96 valence electrons. The van der Waals surface area contributed by atoms with E-state index in [1.807, 2.05) is 12.1 Å². The van der Waals surface area contributed by atoms with Crippen LogP contribution in [0.3, 0.4) is 0 Å². The van der Waals surface area contributed by atoms with E-state index in [4.69, 9.17) is 5.73 Å². The molecule has 0 saturated heterocycles. The van der Waals surface area contributed by atoms with Gasteiger partial charge in [-0.3, -0.25) is 0 Å². The lowest BCUT2D eigenvalue weighted by atomic mass is 9.87. The van der Waals surface area contributed by atoms with Crippen LogP contribution in [0.4, 0.5) is 0 Å². The maximum Gasteiger partial charge on any atom is 0.118 e. The van der Waals surface area contributed by atoms with Gasteiger partial charge >= 0.3 is 0 Å². The fourth-order valence-electron chi connectivity index (χ4n) is 2.02. The predicted octanol–water partition coefficient (Wildman–Crippen LogP) is 3.26. The summed E-state index contributed by atoms with van der Waals surface area (Å²) in [4.78, 5) is 0. The first-order valence-corrected chi connectivity index (χ1v) is 6.43. The van der Waals surface area contributed by atoms with Gasteiger partial charge in [0.2, 0.25) is 0 Å². The monoisotopic (exact) mass is 235 g/mol. The molecule has 0 aliphatic carbocycles. The first-order valence-electron chi connectivity index (χ1n) is 6.43. The minimum Gasteiger partial charge on any atom is -0.508 e. The van der Waals surface area contributed by atoms with Crippen LogP contribution in [0.15, 0.2) is 18.2 Å². The fraction of sp³-hybridized carbons (Fsp3) is 0.600. The van der Waals surface area contributed by atoms with E-state index < -0.39 is 0 Å². The smallest absolute Gasteiger partial charge is 0.118 e. The Morgan fingerprint density at radius 2 is 1.88 bits per heavy atom. The first-order chi connectivity index (χ1) is 7.92. The number of rotatable bonds is 5. The summed E-state index contributed by atoms with van der Waals surface area (Å²) in [6.45, 7) is 7.41. The second kappa shape index (κ2) is 6.06. The van der Waals surface area contributed by atoms with Crippen molar-refractivity contribution in [1.29, 1.82) is 0 Å². The maximum atomic E-state index is 9.80. The van der Waals surface area contributed by atoms with Crippen LogP contribution in [-0.2, 0) is 12.8 Å². The van der Waals surface area contributed by atoms with Crippen LogP contribution in [0.2, 0.25) is 0 Å². The highest BCUT2D eigenvalue weighted by molar-refractivity contribution is 5.36. The van der Waals surface area contributed by atoms with Crippen molar-refractivity contribution in [3.05, 3.63) is 29.3 Å². The molecule has 0 unspecified atom stereocenters. The van der Waals surface area contributed by atoms with Crippen LogP contribution in [0.5, 0.6) is 5.75 Å². The van der Waals surface area contributed by atoms with Crippen molar-refractivity contribution in [1.82, 2.24) is 0 Å². The number of aryl methyl sites for hydroxylation is 1. The molecular weight excluding hydrogens is 210 g/mol. The van der Waals surface area contributed by atoms with Crippen LogP contribution in [-0.4, -0.2) is 11.7 Å². The molecule has 0 aromatic heterocycles. The molecule has 1 rings (SSSR count). The zero-order valence-electron chi connectivity index (χ0n) is 11.3. The molecule has 0 fully saturated rings. The molecule has 0 amide bonds. The van der Waals surface area contributed by atoms with Gasteiger partial charge in [0.25, 0.3) is 0 Å². The second-order valence-electron chi connectivity index (χ2n) is 5.95. The zero-order chi connectivity index (χ0) is 12.9. The van der Waals surface area contributed by atoms with Crippen LogP contribution in [0.25, 0.3) is 0 Å². The third-order valence-electron chi connectivity index (χ3n) is 2.78. The summed E-state index contributed by atoms with van der Waals surface area (Å²) >= 11 is 0. The van der Waals surface area contributed by atoms with Gasteiger partial charge < -0.3 is 10.8 Å². The van der Waals surface area contributed by atoms with Crippen LogP contribution >= 0.6 is 0 Å². The Balaban J connectivity index is 2.72. The number of phenolic OH excluding ortho intramolecular Hbond substituents is 1. The summed E-state index contributed by atoms with van der Waals surface area (Å²) in [5.74, 6) is 0.416. The molecule has 0 aliphatic rings. The highest BCUT2D eigenvalue weighted by Crippen LogP contribution is 2.25. The van der Waals surface area contributed by atoms with Crippen molar-refractivity contribution in [3.63, 3.8) is 0 Å². The predicted molar refractivity (Wildman–Crippen MR) is 73.3 cm³/mol. The Bertz CT molecular complexity index is 352. The lowest BCUT2D eigenvalue weighted by molar-refractivity contribution is 0.410. The largest absolute Gasteiger partial charge is 0.508 e. The van der Waals surface area contributed by atoms with Crippen molar-refractivity contribution < 1.29 is 5.11 Å². The average molecular weight is 235 g/mol. The summed E-state index contributed by atoms with van der Waals surface area (Å²) in [7, 11) is 0. The minimum atomic E-state index is 0.283. The standard InChI is InChI=1S/C15H25NO/c1-15(2,3)11-12-7-8-14(17)13(10-12)6-4-5-9-16/h7-8,10,17H,4-6,9,11,16H2,1-3H3. The summed E-state index contributed by atoms with van der Waals surface area (Å²) < 4.78 is 0. The van der Waals surface area contributed by atoms with Crippen LogP contribution < -0.4 is 5.73 Å². The molecule has 2 heteroatoms. The molecule has 0 atom stereocenters. The third kappa shape index (κ3) is 5.22. The van der Waals surface area contributed by atoms with Gasteiger partial charge in [0.1, 0.15) is 5.75 Å². The van der Waals surface area contributed by atoms with Gasteiger partial charge in [-0.05, 0) is 54.8 Å². The van der Waals surface area contributed by atoms with Gasteiger partial charge in [0.05, 0.1) is 0 Å². The van der Waals surface area contributed by atoms with Gasteiger partial charge in [-0.25, -0.2) is 0 Å². The summed E-state index contributed by atoms with van der Waals surface area (Å²) in [5.41, 5.74) is 8.12. The van der Waals surface area contributed by atoms with Gasteiger partial charge in [-0.15, -0.1) is 0 Å². The van der Waals surface area contributed by atoms with E-state index >= 15 is 0 Å². The van der Waals surface area contributed by atoms with E-state index in [-0.39, 0.29) is 5.41 Å². The van der Waals surface area contributed by atoms with E-state index in [2.05, 4.69) is 26.8 Å². The lowest BCUT2D eigenvalue weighted by Gasteiger charge is -2.19. The molecule has 1 aromatic carbocycles. The van der Waals surface area contributed by atoms with E-state index in [0.717, 1.165) is 37.8 Å².